The molecule has 1 heterocycles. The fourth-order valence-electron chi connectivity index (χ4n) is 3.14. The number of rotatable bonds is 4. The Bertz CT molecular complexity index is 979. The number of nitriles is 1. The molecule has 0 aliphatic rings. The number of hydrogen-bond donors (Lipinski definition) is 0. The van der Waals surface area contributed by atoms with Crippen LogP contribution in [0, 0.1) is 11.3 Å². The summed E-state index contributed by atoms with van der Waals surface area (Å²) in [6.45, 7) is 4.72. The van der Waals surface area contributed by atoms with Crippen molar-refractivity contribution in [3.05, 3.63) is 53.6 Å². The molecule has 2 aromatic carbocycles. The van der Waals surface area contributed by atoms with Crippen molar-refractivity contribution in [2.45, 2.75) is 26.6 Å². The van der Waals surface area contributed by atoms with E-state index in [1.807, 2.05) is 26.0 Å². The minimum atomic E-state index is -4.43. The summed E-state index contributed by atoms with van der Waals surface area (Å²) in [4.78, 5) is 0. The van der Waals surface area contributed by atoms with Crippen LogP contribution < -0.4 is 4.74 Å². The zero-order valence-corrected chi connectivity index (χ0v) is 14.4. The lowest BCUT2D eigenvalue weighted by Crippen LogP contribution is -2.05. The second-order valence-corrected chi connectivity index (χ2v) is 5.77. The van der Waals surface area contributed by atoms with Crippen molar-refractivity contribution >= 4 is 10.9 Å². The molecule has 6 heteroatoms. The number of benzene rings is 2. The predicted molar refractivity (Wildman–Crippen MR) is 93.9 cm³/mol. The van der Waals surface area contributed by atoms with Gasteiger partial charge in [0.15, 0.2) is 0 Å². The quantitative estimate of drug-likeness (QED) is 0.607. The van der Waals surface area contributed by atoms with Crippen LogP contribution in [0.25, 0.3) is 22.2 Å². The van der Waals surface area contributed by atoms with E-state index in [0.29, 0.717) is 41.1 Å². The SMILES string of the molecule is CCOc1ccc(-c2c(C#N)c3ccc(C(F)(F)F)cc3n2CC)cc1. The molecule has 0 spiro atoms. The summed E-state index contributed by atoms with van der Waals surface area (Å²) >= 11 is 0. The van der Waals surface area contributed by atoms with Gasteiger partial charge in [0.25, 0.3) is 0 Å². The van der Waals surface area contributed by atoms with Crippen molar-refractivity contribution in [2.24, 2.45) is 0 Å². The van der Waals surface area contributed by atoms with Gasteiger partial charge in [-0.15, -0.1) is 0 Å². The molecule has 0 N–H and O–H groups in total. The highest BCUT2D eigenvalue weighted by atomic mass is 19.4. The van der Waals surface area contributed by atoms with E-state index in [9.17, 15) is 18.4 Å². The van der Waals surface area contributed by atoms with Crippen LogP contribution >= 0.6 is 0 Å². The van der Waals surface area contributed by atoms with Crippen molar-refractivity contribution < 1.29 is 17.9 Å². The minimum absolute atomic E-state index is 0.375. The van der Waals surface area contributed by atoms with Gasteiger partial charge in [0.05, 0.1) is 28.9 Å². The third-order valence-corrected chi connectivity index (χ3v) is 4.26. The van der Waals surface area contributed by atoms with Gasteiger partial charge in [-0.1, -0.05) is 6.07 Å². The molecule has 0 aliphatic carbocycles. The summed E-state index contributed by atoms with van der Waals surface area (Å²) in [7, 11) is 0. The summed E-state index contributed by atoms with van der Waals surface area (Å²) in [5.74, 6) is 0.702. The highest BCUT2D eigenvalue weighted by Crippen LogP contribution is 2.37. The van der Waals surface area contributed by atoms with E-state index in [1.165, 1.54) is 6.07 Å². The first-order valence-corrected chi connectivity index (χ1v) is 8.27. The lowest BCUT2D eigenvalue weighted by molar-refractivity contribution is -0.137. The van der Waals surface area contributed by atoms with Crippen molar-refractivity contribution in [2.75, 3.05) is 6.61 Å². The number of fused-ring (bicyclic) bond motifs is 1. The van der Waals surface area contributed by atoms with E-state index in [0.717, 1.165) is 17.7 Å². The highest BCUT2D eigenvalue weighted by molar-refractivity contribution is 5.95. The van der Waals surface area contributed by atoms with Gasteiger partial charge in [-0.25, -0.2) is 0 Å². The van der Waals surface area contributed by atoms with Crippen molar-refractivity contribution in [1.82, 2.24) is 4.57 Å². The zero-order valence-electron chi connectivity index (χ0n) is 14.4. The molecule has 0 fully saturated rings. The molecule has 0 saturated carbocycles. The van der Waals surface area contributed by atoms with Crippen molar-refractivity contribution in [3.8, 4) is 23.1 Å². The second-order valence-electron chi connectivity index (χ2n) is 5.77. The van der Waals surface area contributed by atoms with Crippen LogP contribution in [0.15, 0.2) is 42.5 Å². The Balaban J connectivity index is 2.25. The Labute approximate surface area is 149 Å². The Hall–Kier alpha value is -2.94. The number of aromatic nitrogens is 1. The summed E-state index contributed by atoms with van der Waals surface area (Å²) in [6, 6.07) is 12.9. The summed E-state index contributed by atoms with van der Waals surface area (Å²) in [6.07, 6.45) is -4.43. The minimum Gasteiger partial charge on any atom is -0.494 e. The number of ether oxygens (including phenoxy) is 1. The summed E-state index contributed by atoms with van der Waals surface area (Å²) in [5.41, 5.74) is 1.44. The smallest absolute Gasteiger partial charge is 0.416 e. The molecule has 0 radical (unpaired) electrons. The van der Waals surface area contributed by atoms with Crippen LogP contribution in [-0.2, 0) is 12.7 Å². The normalized spacial score (nSPS) is 11.5. The van der Waals surface area contributed by atoms with E-state index in [-0.39, 0.29) is 0 Å². The summed E-state index contributed by atoms with van der Waals surface area (Å²) in [5, 5.41) is 10.2. The van der Waals surface area contributed by atoms with Crippen LogP contribution in [-0.4, -0.2) is 11.2 Å². The van der Waals surface area contributed by atoms with Gasteiger partial charge in [-0.3, -0.25) is 0 Å². The Kier molecular flexibility index (Phi) is 4.64. The molecule has 1 aromatic heterocycles. The first-order valence-electron chi connectivity index (χ1n) is 8.27. The number of halogens is 3. The molecule has 3 nitrogen and oxygen atoms in total. The molecule has 0 amide bonds. The number of nitrogens with zero attached hydrogens (tertiary/aromatic N) is 2. The predicted octanol–water partition coefficient (Wildman–Crippen LogP) is 5.62. The fourth-order valence-corrected chi connectivity index (χ4v) is 3.14. The monoisotopic (exact) mass is 358 g/mol. The van der Waals surface area contributed by atoms with Crippen LogP contribution in [0.4, 0.5) is 13.2 Å². The van der Waals surface area contributed by atoms with E-state index < -0.39 is 11.7 Å². The first kappa shape index (κ1) is 17.9. The highest BCUT2D eigenvalue weighted by Gasteiger charge is 2.31. The molecular weight excluding hydrogens is 341 g/mol. The van der Waals surface area contributed by atoms with E-state index in [1.54, 1.807) is 16.7 Å². The lowest BCUT2D eigenvalue weighted by Gasteiger charge is -2.11. The second kappa shape index (κ2) is 6.75. The van der Waals surface area contributed by atoms with Crippen LogP contribution in [0.5, 0.6) is 5.75 Å². The van der Waals surface area contributed by atoms with Crippen LogP contribution in [0.1, 0.15) is 25.0 Å². The third-order valence-electron chi connectivity index (χ3n) is 4.26. The van der Waals surface area contributed by atoms with Gasteiger partial charge in [0, 0.05) is 11.9 Å². The van der Waals surface area contributed by atoms with Crippen molar-refractivity contribution in [3.63, 3.8) is 0 Å². The van der Waals surface area contributed by atoms with E-state index in [4.69, 9.17) is 4.74 Å². The van der Waals surface area contributed by atoms with E-state index in [2.05, 4.69) is 6.07 Å². The molecule has 26 heavy (non-hydrogen) atoms. The molecule has 3 aromatic rings. The Morgan fingerprint density at radius 1 is 1.08 bits per heavy atom. The van der Waals surface area contributed by atoms with Crippen LogP contribution in [0.2, 0.25) is 0 Å². The maximum Gasteiger partial charge on any atom is 0.416 e. The van der Waals surface area contributed by atoms with Gasteiger partial charge in [0.1, 0.15) is 11.8 Å². The maximum absolute atomic E-state index is 13.1. The molecule has 3 rings (SSSR count). The molecule has 0 unspecified atom stereocenters. The van der Waals surface area contributed by atoms with Crippen molar-refractivity contribution in [1.29, 1.82) is 5.26 Å². The average molecular weight is 358 g/mol. The summed E-state index contributed by atoms with van der Waals surface area (Å²) < 4.78 is 46.5. The molecule has 134 valence electrons. The average Bonchev–Trinajstić information content (AvgIpc) is 2.94. The zero-order chi connectivity index (χ0) is 18.9. The number of alkyl halides is 3. The number of aryl methyl sites for hydroxylation is 1. The van der Waals surface area contributed by atoms with E-state index >= 15 is 0 Å². The fraction of sp³-hybridized carbons (Fsp3) is 0.250. The van der Waals surface area contributed by atoms with Gasteiger partial charge in [-0.2, -0.15) is 18.4 Å². The topological polar surface area (TPSA) is 37.9 Å². The molecular formula is C20H17F3N2O. The Morgan fingerprint density at radius 3 is 2.31 bits per heavy atom. The standard InChI is InChI=1S/C20H17F3N2O/c1-3-25-18-11-14(20(21,22)23)7-10-16(18)17(12-24)19(25)13-5-8-15(9-6-13)26-4-2/h5-11H,3-4H2,1-2H3. The molecule has 0 saturated heterocycles. The largest absolute Gasteiger partial charge is 0.494 e. The maximum atomic E-state index is 13.1. The van der Waals surface area contributed by atoms with Gasteiger partial charge in [-0.05, 0) is 55.8 Å². The first-order chi connectivity index (χ1) is 12.4. The molecule has 0 aliphatic heterocycles. The van der Waals surface area contributed by atoms with Gasteiger partial charge >= 0.3 is 6.18 Å². The lowest BCUT2D eigenvalue weighted by atomic mass is 10.0. The Morgan fingerprint density at radius 2 is 1.77 bits per heavy atom. The third kappa shape index (κ3) is 3.01. The molecule has 0 atom stereocenters. The van der Waals surface area contributed by atoms with Crippen LogP contribution in [0.3, 0.4) is 0 Å². The molecule has 0 bridgehead atoms. The van der Waals surface area contributed by atoms with Gasteiger partial charge in [0.2, 0.25) is 0 Å². The van der Waals surface area contributed by atoms with Gasteiger partial charge < -0.3 is 9.30 Å². The number of hydrogen-bond acceptors (Lipinski definition) is 2.